The van der Waals surface area contributed by atoms with E-state index in [0.717, 1.165) is 28.0 Å². The summed E-state index contributed by atoms with van der Waals surface area (Å²) in [4.78, 5) is 28.9. The van der Waals surface area contributed by atoms with E-state index in [-0.39, 0.29) is 39.1 Å². The number of phenolic OH excluding ortho intramolecular Hbond substituents is 1. The van der Waals surface area contributed by atoms with E-state index in [4.69, 9.17) is 0 Å². The zero-order chi connectivity index (χ0) is 29.5. The number of amides is 2. The minimum absolute atomic E-state index is 0.0197. The van der Waals surface area contributed by atoms with Crippen LogP contribution >= 0.6 is 15.9 Å². The van der Waals surface area contributed by atoms with Gasteiger partial charge in [0.05, 0.1) is 38.3 Å². The molecule has 2 heterocycles. The molecule has 6 rings (SSSR count). The third kappa shape index (κ3) is 4.61. The Balaban J connectivity index is 1.45. The number of aliphatic hydroxyl groups excluding tert-OH is 1. The van der Waals surface area contributed by atoms with E-state index in [1.807, 2.05) is 24.3 Å². The molecule has 9 nitrogen and oxygen atoms in total. The lowest BCUT2D eigenvalue weighted by Gasteiger charge is -2.35. The third-order valence-electron chi connectivity index (χ3n) is 7.75. The first-order chi connectivity index (χ1) is 20.3. The lowest BCUT2D eigenvalue weighted by molar-refractivity contribution is 0.0662. The van der Waals surface area contributed by atoms with Crippen molar-refractivity contribution in [2.45, 2.75) is 25.9 Å². The van der Waals surface area contributed by atoms with Gasteiger partial charge in [-0.3, -0.25) is 14.5 Å². The fourth-order valence-corrected chi connectivity index (χ4v) is 6.51. The Bertz CT molecular complexity index is 1830. The maximum atomic E-state index is 12.9. The quantitative estimate of drug-likeness (QED) is 0.195. The Kier molecular flexibility index (Phi) is 7.22. The normalized spacial score (nSPS) is 16.3. The fourth-order valence-electron chi connectivity index (χ4n) is 5.83. The summed E-state index contributed by atoms with van der Waals surface area (Å²) in [6, 6.07) is 20.6. The molecule has 0 bridgehead atoms. The molecule has 10 heteroatoms. The van der Waals surface area contributed by atoms with Gasteiger partial charge in [0.1, 0.15) is 17.5 Å². The second-order valence-electron chi connectivity index (χ2n) is 10.3. The number of aromatic hydroxyl groups is 1. The Morgan fingerprint density at radius 1 is 1.07 bits per heavy atom. The molecule has 0 aromatic heterocycles. The van der Waals surface area contributed by atoms with Crippen molar-refractivity contribution >= 4 is 55.6 Å². The number of anilines is 1. The molecule has 4 aromatic rings. The molecule has 2 amide bonds. The Labute approximate surface area is 250 Å². The molecular formula is C32H26BrN5O4. The SMILES string of the molecule is CCN1C(=O)c2cc(C#N)c(N=Nc3cc4c(c5cccc(O)c35)N(CCc3ccccc3)CC(O)C4)c(Br)c2C1=O. The second-order valence-corrected chi connectivity index (χ2v) is 11.1. The topological polar surface area (TPSA) is 130 Å². The van der Waals surface area contributed by atoms with E-state index in [1.165, 1.54) is 11.6 Å². The Morgan fingerprint density at radius 3 is 2.60 bits per heavy atom. The van der Waals surface area contributed by atoms with Crippen molar-refractivity contribution in [1.29, 1.82) is 5.26 Å². The summed E-state index contributed by atoms with van der Waals surface area (Å²) >= 11 is 3.40. The van der Waals surface area contributed by atoms with Gasteiger partial charge >= 0.3 is 0 Å². The van der Waals surface area contributed by atoms with Gasteiger partial charge in [-0.2, -0.15) is 5.26 Å². The third-order valence-corrected chi connectivity index (χ3v) is 8.53. The number of nitrogens with zero attached hydrogens (tertiary/aromatic N) is 5. The lowest BCUT2D eigenvalue weighted by Crippen LogP contribution is -2.39. The highest BCUT2D eigenvalue weighted by Gasteiger charge is 2.38. The number of hydrogen-bond donors (Lipinski definition) is 2. The summed E-state index contributed by atoms with van der Waals surface area (Å²) in [5, 5.41) is 41.7. The Hall–Kier alpha value is -4.59. The van der Waals surface area contributed by atoms with E-state index >= 15 is 0 Å². The van der Waals surface area contributed by atoms with Gasteiger partial charge in [-0.25, -0.2) is 0 Å². The predicted molar refractivity (Wildman–Crippen MR) is 162 cm³/mol. The van der Waals surface area contributed by atoms with Gasteiger partial charge in [0, 0.05) is 37.1 Å². The van der Waals surface area contributed by atoms with Gasteiger partial charge in [-0.05, 0) is 58.6 Å². The van der Waals surface area contributed by atoms with E-state index in [2.05, 4.69) is 49.3 Å². The molecule has 42 heavy (non-hydrogen) atoms. The average Bonchev–Trinajstić information content (AvgIpc) is 3.23. The number of aliphatic hydroxyl groups is 1. The maximum Gasteiger partial charge on any atom is 0.262 e. The monoisotopic (exact) mass is 623 g/mol. The number of phenols is 1. The minimum atomic E-state index is -0.589. The zero-order valence-electron chi connectivity index (χ0n) is 22.7. The van der Waals surface area contributed by atoms with Gasteiger partial charge in [0.25, 0.3) is 11.8 Å². The van der Waals surface area contributed by atoms with Crippen molar-refractivity contribution in [2.24, 2.45) is 10.2 Å². The van der Waals surface area contributed by atoms with E-state index in [0.29, 0.717) is 30.6 Å². The highest BCUT2D eigenvalue weighted by atomic mass is 79.9. The van der Waals surface area contributed by atoms with Crippen molar-refractivity contribution in [1.82, 2.24) is 4.90 Å². The van der Waals surface area contributed by atoms with Gasteiger partial charge in [0.2, 0.25) is 0 Å². The van der Waals surface area contributed by atoms with Crippen LogP contribution in [-0.2, 0) is 12.8 Å². The van der Waals surface area contributed by atoms with Crippen LogP contribution in [0.1, 0.15) is 44.3 Å². The molecule has 1 atom stereocenters. The molecule has 2 aliphatic rings. The molecule has 1 unspecified atom stereocenters. The van der Waals surface area contributed by atoms with Crippen molar-refractivity contribution in [3.63, 3.8) is 0 Å². The maximum absolute atomic E-state index is 12.9. The molecule has 0 radical (unpaired) electrons. The van der Waals surface area contributed by atoms with Gasteiger partial charge < -0.3 is 15.1 Å². The second kappa shape index (κ2) is 11.0. The number of imide groups is 1. The number of benzene rings is 4. The number of carbonyl (C=O) groups is 2. The van der Waals surface area contributed by atoms with Gasteiger partial charge in [-0.15, -0.1) is 10.2 Å². The minimum Gasteiger partial charge on any atom is -0.507 e. The molecule has 0 fully saturated rings. The summed E-state index contributed by atoms with van der Waals surface area (Å²) in [5.41, 5.74) is 3.82. The molecule has 0 spiro atoms. The van der Waals surface area contributed by atoms with Crippen LogP contribution in [0.25, 0.3) is 10.8 Å². The largest absolute Gasteiger partial charge is 0.507 e. The smallest absolute Gasteiger partial charge is 0.262 e. The van der Waals surface area contributed by atoms with Crippen molar-refractivity contribution in [3.8, 4) is 11.8 Å². The van der Waals surface area contributed by atoms with Crippen LogP contribution in [0.2, 0.25) is 0 Å². The number of carbonyl (C=O) groups excluding carboxylic acids is 2. The molecular weight excluding hydrogens is 598 g/mol. The number of nitriles is 1. The van der Waals surface area contributed by atoms with E-state index < -0.39 is 17.9 Å². The number of β-amino-alcohol motifs (C(OH)–C–C–N with tert-alkyl or cyclic N) is 1. The van der Waals surface area contributed by atoms with Gasteiger partial charge in [0.15, 0.2) is 0 Å². The zero-order valence-corrected chi connectivity index (χ0v) is 24.3. The van der Waals surface area contributed by atoms with Crippen LogP contribution in [0.4, 0.5) is 17.1 Å². The van der Waals surface area contributed by atoms with Crippen LogP contribution in [0.5, 0.6) is 5.75 Å². The summed E-state index contributed by atoms with van der Waals surface area (Å²) in [6.07, 6.45) is 0.601. The predicted octanol–water partition coefficient (Wildman–Crippen LogP) is 6.18. The molecule has 0 saturated carbocycles. The van der Waals surface area contributed by atoms with Crippen LogP contribution < -0.4 is 4.90 Å². The standard InChI is InChI=1S/C32H26BrN5O4/c1-2-38-31(41)23-14-20(16-34)29(28(33)27(23)32(38)42)36-35-24-15-19-13-21(39)17-37(12-11-18-7-4-3-5-8-18)30(19)22-9-6-10-25(40)26(22)24/h3-10,14-15,21,39-40H,2,11-13,17H2,1H3. The van der Waals surface area contributed by atoms with Crippen LogP contribution in [-0.4, -0.2) is 52.7 Å². The number of hydrogen-bond acceptors (Lipinski definition) is 8. The number of azo groups is 1. The molecule has 0 aliphatic carbocycles. The summed E-state index contributed by atoms with van der Waals surface area (Å²) in [5.74, 6) is -0.905. The van der Waals surface area contributed by atoms with E-state index in [1.54, 1.807) is 25.1 Å². The van der Waals surface area contributed by atoms with E-state index in [9.17, 15) is 25.1 Å². The first-order valence-electron chi connectivity index (χ1n) is 13.6. The molecule has 2 N–H and O–H groups in total. The molecule has 4 aromatic carbocycles. The van der Waals surface area contributed by atoms with Gasteiger partial charge in [-0.1, -0.05) is 42.5 Å². The highest BCUT2D eigenvalue weighted by molar-refractivity contribution is 9.10. The summed E-state index contributed by atoms with van der Waals surface area (Å²) < 4.78 is 0.212. The van der Waals surface area contributed by atoms with Crippen molar-refractivity contribution < 1.29 is 19.8 Å². The fraction of sp³-hybridized carbons (Fsp3) is 0.219. The van der Waals surface area contributed by atoms with Crippen LogP contribution in [0.3, 0.4) is 0 Å². The number of rotatable bonds is 6. The molecule has 0 saturated heterocycles. The summed E-state index contributed by atoms with van der Waals surface area (Å²) in [6.45, 7) is 3.04. The first kappa shape index (κ1) is 27.6. The van der Waals surface area contributed by atoms with Crippen LogP contribution in [0, 0.1) is 11.3 Å². The average molecular weight is 624 g/mol. The number of fused-ring (bicyclic) bond motifs is 4. The highest BCUT2D eigenvalue weighted by Crippen LogP contribution is 2.45. The molecule has 2 aliphatic heterocycles. The molecule has 210 valence electrons. The lowest BCUT2D eigenvalue weighted by atomic mass is 9.93. The Morgan fingerprint density at radius 2 is 1.86 bits per heavy atom. The van der Waals surface area contributed by atoms with Crippen LogP contribution in [0.15, 0.2) is 75.4 Å². The van der Waals surface area contributed by atoms with Crippen molar-refractivity contribution in [2.75, 3.05) is 24.5 Å². The summed E-state index contributed by atoms with van der Waals surface area (Å²) in [7, 11) is 0. The van der Waals surface area contributed by atoms with Crippen molar-refractivity contribution in [3.05, 3.63) is 93.0 Å². The number of halogens is 1. The first-order valence-corrected chi connectivity index (χ1v) is 14.4.